The molecule has 0 unspecified atom stereocenters. The number of carbonyl (C=O) groups is 1. The van der Waals surface area contributed by atoms with Crippen LogP contribution < -0.4 is 4.98 Å². The van der Waals surface area contributed by atoms with Gasteiger partial charge >= 0.3 is 5.97 Å². The lowest BCUT2D eigenvalue weighted by Gasteiger charge is -1.93. The predicted molar refractivity (Wildman–Crippen MR) is 39.5 cm³/mol. The van der Waals surface area contributed by atoms with Crippen LogP contribution in [0.4, 0.5) is 0 Å². The van der Waals surface area contributed by atoms with E-state index in [2.05, 4.69) is 4.98 Å². The molecule has 0 amide bonds. The van der Waals surface area contributed by atoms with E-state index in [0.29, 0.717) is 0 Å². The van der Waals surface area contributed by atoms with E-state index in [1.54, 1.807) is 0 Å². The average molecular weight is 163 g/mol. The lowest BCUT2D eigenvalue weighted by atomic mass is 10.6. The number of nitrogens with one attached hydrogen (secondary N) is 1. The van der Waals surface area contributed by atoms with E-state index in [-0.39, 0.29) is 0 Å². The Morgan fingerprint density at radius 3 is 3.00 bits per heavy atom. The van der Waals surface area contributed by atoms with Crippen molar-refractivity contribution in [3.8, 4) is 0 Å². The second kappa shape index (κ2) is 5.54. The molecule has 0 atom stereocenters. The molecule has 0 bridgehead atoms. The molecule has 0 aliphatic carbocycles. The summed E-state index contributed by atoms with van der Waals surface area (Å²) in [5.74, 6) is -0.940. The Balaban J connectivity index is 3.15. The third-order valence-corrected chi connectivity index (χ3v) is 2.13. The van der Waals surface area contributed by atoms with Gasteiger partial charge in [-0.05, 0) is 6.20 Å². The summed E-state index contributed by atoms with van der Waals surface area (Å²) in [5.41, 5.74) is 0. The maximum atomic E-state index is 9.82. The van der Waals surface area contributed by atoms with Crippen LogP contribution in [-0.2, 0) is 8.91 Å². The molecule has 0 aliphatic heterocycles. The van der Waals surface area contributed by atoms with Crippen molar-refractivity contribution in [1.82, 2.24) is 4.98 Å². The third kappa shape index (κ3) is 7.40. The van der Waals surface area contributed by atoms with Crippen molar-refractivity contribution in [1.29, 1.82) is 0 Å². The Kier molecular flexibility index (Phi) is 5.17. The molecule has 0 rings (SSSR count). The van der Waals surface area contributed by atoms with Crippen LogP contribution in [0.5, 0.6) is 0 Å². The summed E-state index contributed by atoms with van der Waals surface area (Å²) in [5, 5.41) is 8.07. The van der Waals surface area contributed by atoms with Crippen LogP contribution in [-0.4, -0.2) is 31.5 Å². The minimum Gasteiger partial charge on any atom is -0.478 e. The first-order valence-electron chi connectivity index (χ1n) is 2.39. The number of rotatable bonds is 4. The third-order valence-electron chi connectivity index (χ3n) is 0.571. The Hall–Kier alpha value is -0.596. The second-order valence-corrected chi connectivity index (χ2v) is 4.32. The summed E-state index contributed by atoms with van der Waals surface area (Å²) in [6.07, 6.45) is 2.44. The molecule has 0 radical (unpaired) electrons. The molecule has 0 aliphatic rings. The van der Waals surface area contributed by atoms with Gasteiger partial charge in [-0.2, -0.15) is 0 Å². The molecule has 0 heterocycles. The number of carboxylic acid groups (broad SMARTS) is 1. The SMILES string of the molecule is O=C(O)C=CN[SiH2]O[SiH3]. The highest BCUT2D eigenvalue weighted by atomic mass is 28.3. The van der Waals surface area contributed by atoms with Crippen LogP contribution in [0.25, 0.3) is 0 Å². The van der Waals surface area contributed by atoms with E-state index in [0.717, 1.165) is 16.6 Å². The van der Waals surface area contributed by atoms with Gasteiger partial charge in [-0.3, -0.25) is 0 Å². The molecule has 0 saturated heterocycles. The van der Waals surface area contributed by atoms with Gasteiger partial charge in [0.1, 0.15) is 10.5 Å². The molecule has 0 saturated carbocycles. The van der Waals surface area contributed by atoms with Gasteiger partial charge in [-0.15, -0.1) is 0 Å². The minimum absolute atomic E-state index is 0.660. The molecule has 4 nitrogen and oxygen atoms in total. The standard InChI is InChI=1S/C3H9NO3Si2/c5-3(6)1-2-4-9-7-8/h1-2,4H,9H2,8H3,(H,5,6). The van der Waals surface area contributed by atoms with Gasteiger partial charge < -0.3 is 14.2 Å². The molecule has 0 aromatic heterocycles. The highest BCUT2D eigenvalue weighted by Crippen LogP contribution is 1.65. The molecule has 0 aromatic rings. The zero-order valence-electron chi connectivity index (χ0n) is 5.13. The molecule has 2 N–H and O–H groups in total. The van der Waals surface area contributed by atoms with Crippen molar-refractivity contribution in [2.24, 2.45) is 0 Å². The van der Waals surface area contributed by atoms with Crippen LogP contribution in [0.15, 0.2) is 12.3 Å². The summed E-state index contributed by atoms with van der Waals surface area (Å²) in [7, 11) is 0.0603. The lowest BCUT2D eigenvalue weighted by molar-refractivity contribution is -0.131. The normalized spacial score (nSPS) is 11.6. The zero-order chi connectivity index (χ0) is 7.11. The molecule has 0 fully saturated rings. The molecule has 6 heteroatoms. The largest absolute Gasteiger partial charge is 0.478 e. The molecular formula is C3H9NO3Si2. The molecule has 9 heavy (non-hydrogen) atoms. The first kappa shape index (κ1) is 8.40. The second-order valence-electron chi connectivity index (χ2n) is 1.31. The van der Waals surface area contributed by atoms with Gasteiger partial charge in [0, 0.05) is 6.08 Å². The van der Waals surface area contributed by atoms with E-state index in [9.17, 15) is 4.79 Å². The zero-order valence-corrected chi connectivity index (χ0v) is 8.54. The van der Waals surface area contributed by atoms with Gasteiger partial charge in [0.2, 0.25) is 0 Å². The van der Waals surface area contributed by atoms with Crippen LogP contribution in [0, 0.1) is 0 Å². The fourth-order valence-corrected chi connectivity index (χ4v) is 1.14. The van der Waals surface area contributed by atoms with Crippen LogP contribution >= 0.6 is 0 Å². The Morgan fingerprint density at radius 2 is 2.56 bits per heavy atom. The number of hydrogen-bond acceptors (Lipinski definition) is 3. The summed E-state index contributed by atoms with van der Waals surface area (Å²) in [6.45, 7) is 0. The Labute approximate surface area is 58.5 Å². The summed E-state index contributed by atoms with van der Waals surface area (Å²) < 4.78 is 4.85. The Morgan fingerprint density at radius 1 is 1.89 bits per heavy atom. The maximum Gasteiger partial charge on any atom is 0.329 e. The van der Waals surface area contributed by atoms with E-state index >= 15 is 0 Å². The van der Waals surface area contributed by atoms with Crippen LogP contribution in [0.2, 0.25) is 0 Å². The predicted octanol–water partition coefficient (Wildman–Crippen LogP) is -2.53. The fraction of sp³-hybridized carbons (Fsp3) is 0. The fourth-order valence-electron chi connectivity index (χ4n) is 0.262. The van der Waals surface area contributed by atoms with Crippen molar-refractivity contribution >= 4 is 26.4 Å². The van der Waals surface area contributed by atoms with Gasteiger partial charge in [0.15, 0.2) is 0 Å². The highest BCUT2D eigenvalue weighted by Gasteiger charge is 1.81. The van der Waals surface area contributed by atoms with Crippen molar-refractivity contribution in [3.63, 3.8) is 0 Å². The topological polar surface area (TPSA) is 58.6 Å². The molecule has 0 aromatic carbocycles. The van der Waals surface area contributed by atoms with Crippen molar-refractivity contribution in [2.75, 3.05) is 0 Å². The lowest BCUT2D eigenvalue weighted by Crippen LogP contribution is -2.14. The monoisotopic (exact) mass is 163 g/mol. The Bertz CT molecular complexity index is 116. The highest BCUT2D eigenvalue weighted by molar-refractivity contribution is 6.31. The first-order chi connectivity index (χ1) is 4.27. The van der Waals surface area contributed by atoms with Gasteiger partial charge in [0.25, 0.3) is 9.92 Å². The number of hydrogen-bond donors (Lipinski definition) is 2. The van der Waals surface area contributed by atoms with Crippen molar-refractivity contribution < 1.29 is 14.0 Å². The molecular weight excluding hydrogens is 154 g/mol. The minimum atomic E-state index is -0.940. The van der Waals surface area contributed by atoms with Gasteiger partial charge in [0.05, 0.1) is 0 Å². The number of carboxylic acids is 1. The van der Waals surface area contributed by atoms with E-state index in [1.807, 2.05) is 0 Å². The quantitative estimate of drug-likeness (QED) is 0.273. The van der Waals surface area contributed by atoms with Crippen molar-refractivity contribution in [3.05, 3.63) is 12.3 Å². The van der Waals surface area contributed by atoms with E-state index in [4.69, 9.17) is 9.22 Å². The average Bonchev–Trinajstić information content (AvgIpc) is 1.80. The van der Waals surface area contributed by atoms with Gasteiger partial charge in [-0.1, -0.05) is 0 Å². The van der Waals surface area contributed by atoms with Crippen LogP contribution in [0.1, 0.15) is 0 Å². The maximum absolute atomic E-state index is 9.82. The molecule has 52 valence electrons. The summed E-state index contributed by atoms with van der Waals surface area (Å²) >= 11 is 0. The van der Waals surface area contributed by atoms with E-state index in [1.165, 1.54) is 6.20 Å². The van der Waals surface area contributed by atoms with Crippen LogP contribution in [0.3, 0.4) is 0 Å². The number of aliphatic carboxylic acids is 1. The van der Waals surface area contributed by atoms with Crippen molar-refractivity contribution in [2.45, 2.75) is 0 Å². The van der Waals surface area contributed by atoms with E-state index < -0.39 is 15.9 Å². The summed E-state index contributed by atoms with van der Waals surface area (Å²) in [4.78, 5) is 12.6. The summed E-state index contributed by atoms with van der Waals surface area (Å²) in [6, 6.07) is 0. The molecule has 0 spiro atoms. The smallest absolute Gasteiger partial charge is 0.329 e. The van der Waals surface area contributed by atoms with Gasteiger partial charge in [-0.25, -0.2) is 4.79 Å². The first-order valence-corrected chi connectivity index (χ1v) is 4.49.